The average Bonchev–Trinajstić information content (AvgIpc) is 2.96. The molecule has 0 unspecified atom stereocenters. The van der Waals surface area contributed by atoms with Gasteiger partial charge >= 0.3 is 0 Å². The summed E-state index contributed by atoms with van der Waals surface area (Å²) in [5.41, 5.74) is 1.94. The fourth-order valence-electron chi connectivity index (χ4n) is 1.74. The molecule has 21 heavy (non-hydrogen) atoms. The minimum atomic E-state index is -0.228. The van der Waals surface area contributed by atoms with Gasteiger partial charge in [0.15, 0.2) is 0 Å². The van der Waals surface area contributed by atoms with Crippen molar-refractivity contribution in [2.45, 2.75) is 13.0 Å². The molecule has 1 aromatic carbocycles. The Labute approximate surface area is 128 Å². The molecule has 0 amide bonds. The Kier molecular flexibility index (Phi) is 6.53. The van der Waals surface area contributed by atoms with E-state index in [0.717, 1.165) is 35.8 Å². The van der Waals surface area contributed by atoms with Crippen LogP contribution < -0.4 is 5.32 Å². The summed E-state index contributed by atoms with van der Waals surface area (Å²) in [5.74, 6) is -0.228. The molecule has 0 aliphatic rings. The van der Waals surface area contributed by atoms with Crippen molar-refractivity contribution in [3.05, 3.63) is 53.8 Å². The highest BCUT2D eigenvalue weighted by Gasteiger charge is 2.04. The SMILES string of the molecule is C=CCCOCCNCc1csc(-c2ccc(F)cc2)n1. The molecule has 2 rings (SSSR count). The van der Waals surface area contributed by atoms with Crippen molar-refractivity contribution in [2.75, 3.05) is 19.8 Å². The molecule has 1 heterocycles. The van der Waals surface area contributed by atoms with Crippen molar-refractivity contribution < 1.29 is 9.13 Å². The van der Waals surface area contributed by atoms with Gasteiger partial charge in [-0.25, -0.2) is 9.37 Å². The first kappa shape index (κ1) is 15.8. The highest BCUT2D eigenvalue weighted by Crippen LogP contribution is 2.23. The van der Waals surface area contributed by atoms with Gasteiger partial charge in [-0.2, -0.15) is 0 Å². The van der Waals surface area contributed by atoms with Gasteiger partial charge in [0.1, 0.15) is 10.8 Å². The smallest absolute Gasteiger partial charge is 0.123 e. The molecule has 1 aromatic heterocycles. The van der Waals surface area contributed by atoms with Crippen LogP contribution in [-0.2, 0) is 11.3 Å². The van der Waals surface area contributed by atoms with Gasteiger partial charge in [-0.15, -0.1) is 17.9 Å². The Morgan fingerprint density at radius 3 is 2.86 bits per heavy atom. The van der Waals surface area contributed by atoms with Crippen molar-refractivity contribution in [3.63, 3.8) is 0 Å². The van der Waals surface area contributed by atoms with Crippen LogP contribution in [-0.4, -0.2) is 24.7 Å². The van der Waals surface area contributed by atoms with Crippen LogP contribution in [0.5, 0.6) is 0 Å². The first-order valence-electron chi connectivity index (χ1n) is 6.89. The second kappa shape index (κ2) is 8.67. The van der Waals surface area contributed by atoms with Crippen LogP contribution in [0, 0.1) is 5.82 Å². The Bertz CT molecular complexity index is 554. The minimum Gasteiger partial charge on any atom is -0.380 e. The molecular weight excluding hydrogens is 287 g/mol. The van der Waals surface area contributed by atoms with E-state index < -0.39 is 0 Å². The first-order chi connectivity index (χ1) is 10.3. The second-order valence-electron chi connectivity index (χ2n) is 4.52. The van der Waals surface area contributed by atoms with E-state index in [0.29, 0.717) is 13.2 Å². The molecule has 3 nitrogen and oxygen atoms in total. The van der Waals surface area contributed by atoms with Crippen molar-refractivity contribution in [2.24, 2.45) is 0 Å². The van der Waals surface area contributed by atoms with Gasteiger partial charge in [-0.1, -0.05) is 6.08 Å². The summed E-state index contributed by atoms with van der Waals surface area (Å²) in [6, 6.07) is 6.40. The van der Waals surface area contributed by atoms with E-state index in [2.05, 4.69) is 16.9 Å². The van der Waals surface area contributed by atoms with Crippen molar-refractivity contribution >= 4 is 11.3 Å². The van der Waals surface area contributed by atoms with Gasteiger partial charge in [0, 0.05) is 24.0 Å². The number of ether oxygens (including phenoxy) is 1. The third-order valence-electron chi connectivity index (χ3n) is 2.84. The van der Waals surface area contributed by atoms with E-state index in [1.54, 1.807) is 23.5 Å². The lowest BCUT2D eigenvalue weighted by Crippen LogP contribution is -2.19. The zero-order valence-electron chi connectivity index (χ0n) is 11.8. The standard InChI is InChI=1S/C16H19FN2OS/c1-2-3-9-20-10-8-18-11-15-12-21-16(19-15)13-4-6-14(17)7-5-13/h2,4-7,12,18H,1,3,8-11H2. The molecule has 2 aromatic rings. The fourth-order valence-corrected chi connectivity index (χ4v) is 2.57. The molecule has 0 saturated carbocycles. The van der Waals surface area contributed by atoms with Crippen LogP contribution in [0.1, 0.15) is 12.1 Å². The van der Waals surface area contributed by atoms with Gasteiger partial charge < -0.3 is 10.1 Å². The number of nitrogens with zero attached hydrogens (tertiary/aromatic N) is 1. The lowest BCUT2D eigenvalue weighted by Gasteiger charge is -2.03. The molecule has 0 radical (unpaired) electrons. The Hall–Kier alpha value is -1.56. The van der Waals surface area contributed by atoms with Crippen molar-refractivity contribution in [3.8, 4) is 10.6 Å². The van der Waals surface area contributed by atoms with Gasteiger partial charge in [0.2, 0.25) is 0 Å². The maximum Gasteiger partial charge on any atom is 0.123 e. The van der Waals surface area contributed by atoms with Crippen molar-refractivity contribution in [1.29, 1.82) is 0 Å². The summed E-state index contributed by atoms with van der Waals surface area (Å²) in [4.78, 5) is 4.54. The molecule has 0 saturated heterocycles. The molecule has 1 N–H and O–H groups in total. The van der Waals surface area contributed by atoms with Crippen LogP contribution >= 0.6 is 11.3 Å². The molecule has 5 heteroatoms. The van der Waals surface area contributed by atoms with E-state index in [1.165, 1.54) is 12.1 Å². The van der Waals surface area contributed by atoms with Gasteiger partial charge in [0.25, 0.3) is 0 Å². The van der Waals surface area contributed by atoms with Crippen LogP contribution in [0.2, 0.25) is 0 Å². The molecular formula is C16H19FN2OS. The third-order valence-corrected chi connectivity index (χ3v) is 3.78. The fraction of sp³-hybridized carbons (Fsp3) is 0.312. The molecule has 0 spiro atoms. The summed E-state index contributed by atoms with van der Waals surface area (Å²) >= 11 is 1.57. The van der Waals surface area contributed by atoms with Crippen LogP contribution in [0.25, 0.3) is 10.6 Å². The summed E-state index contributed by atoms with van der Waals surface area (Å²) < 4.78 is 18.3. The van der Waals surface area contributed by atoms with E-state index in [1.807, 2.05) is 11.5 Å². The molecule has 0 aliphatic carbocycles. The quantitative estimate of drug-likeness (QED) is 0.567. The Morgan fingerprint density at radius 2 is 2.10 bits per heavy atom. The highest BCUT2D eigenvalue weighted by atomic mass is 32.1. The maximum atomic E-state index is 12.9. The molecule has 0 aliphatic heterocycles. The lowest BCUT2D eigenvalue weighted by molar-refractivity contribution is 0.140. The van der Waals surface area contributed by atoms with Crippen LogP contribution in [0.4, 0.5) is 4.39 Å². The number of hydrogen-bond donors (Lipinski definition) is 1. The van der Waals surface area contributed by atoms with Crippen LogP contribution in [0.15, 0.2) is 42.3 Å². The topological polar surface area (TPSA) is 34.1 Å². The lowest BCUT2D eigenvalue weighted by atomic mass is 10.2. The zero-order chi connectivity index (χ0) is 14.9. The average molecular weight is 306 g/mol. The number of thiazole rings is 1. The predicted octanol–water partition coefficient (Wildman–Crippen LogP) is 3.63. The second-order valence-corrected chi connectivity index (χ2v) is 5.38. The van der Waals surface area contributed by atoms with Crippen molar-refractivity contribution in [1.82, 2.24) is 10.3 Å². The largest absolute Gasteiger partial charge is 0.380 e. The molecule has 0 bridgehead atoms. The Balaban J connectivity index is 1.73. The van der Waals surface area contributed by atoms with Gasteiger partial charge in [-0.3, -0.25) is 0 Å². The molecule has 0 fully saturated rings. The number of nitrogens with one attached hydrogen (secondary N) is 1. The van der Waals surface area contributed by atoms with E-state index in [-0.39, 0.29) is 5.82 Å². The monoisotopic (exact) mass is 306 g/mol. The normalized spacial score (nSPS) is 10.7. The molecule has 0 atom stereocenters. The third kappa shape index (κ3) is 5.38. The maximum absolute atomic E-state index is 12.9. The van der Waals surface area contributed by atoms with E-state index in [9.17, 15) is 4.39 Å². The van der Waals surface area contributed by atoms with Gasteiger partial charge in [0.05, 0.1) is 18.9 Å². The predicted molar refractivity (Wildman–Crippen MR) is 84.8 cm³/mol. The first-order valence-corrected chi connectivity index (χ1v) is 7.77. The number of halogens is 1. The highest BCUT2D eigenvalue weighted by molar-refractivity contribution is 7.13. The van der Waals surface area contributed by atoms with Crippen LogP contribution in [0.3, 0.4) is 0 Å². The van der Waals surface area contributed by atoms with E-state index >= 15 is 0 Å². The summed E-state index contributed by atoms with van der Waals surface area (Å²) in [7, 11) is 0. The number of aromatic nitrogens is 1. The summed E-state index contributed by atoms with van der Waals surface area (Å²) in [6.45, 7) is 6.55. The number of benzene rings is 1. The summed E-state index contributed by atoms with van der Waals surface area (Å²) in [6.07, 6.45) is 2.73. The van der Waals surface area contributed by atoms with E-state index in [4.69, 9.17) is 4.74 Å². The number of hydrogen-bond acceptors (Lipinski definition) is 4. The minimum absolute atomic E-state index is 0.228. The van der Waals surface area contributed by atoms with Gasteiger partial charge in [-0.05, 0) is 30.7 Å². The Morgan fingerprint density at radius 1 is 1.29 bits per heavy atom. The number of rotatable bonds is 9. The molecule has 112 valence electrons. The summed E-state index contributed by atoms with van der Waals surface area (Å²) in [5, 5.41) is 6.22. The zero-order valence-corrected chi connectivity index (χ0v) is 12.7.